The molecule has 0 aromatic heterocycles. The minimum atomic E-state index is -0.0463. The highest BCUT2D eigenvalue weighted by molar-refractivity contribution is 5.85. The Balaban J connectivity index is 0.000000223. The van der Waals surface area contributed by atoms with Gasteiger partial charge in [0.25, 0.3) is 0 Å². The molecular weight excluding hydrogens is 677 g/mol. The Bertz CT molecular complexity index is 979. The summed E-state index contributed by atoms with van der Waals surface area (Å²) in [5, 5.41) is 0. The Kier molecular flexibility index (Phi) is 23.3. The largest absolute Gasteiger partial charge is 0.466 e. The molecule has 0 N–H and O–H groups in total. The number of esters is 3. The monoisotopic (exact) mass is 761 g/mol. The molecule has 3 saturated heterocycles. The Labute approximate surface area is 332 Å². The molecule has 7 heteroatoms. The first-order valence-electron chi connectivity index (χ1n) is 23.4. The Morgan fingerprint density at radius 2 is 0.778 bits per heavy atom. The summed E-state index contributed by atoms with van der Waals surface area (Å²) in [5.41, 5.74) is 0. The summed E-state index contributed by atoms with van der Waals surface area (Å²) in [6, 6.07) is 0. The Morgan fingerprint density at radius 3 is 1.06 bits per heavy atom. The zero-order valence-electron chi connectivity index (χ0n) is 36.6. The van der Waals surface area contributed by atoms with Crippen LogP contribution in [0.5, 0.6) is 0 Å². The first-order valence-corrected chi connectivity index (χ1v) is 23.4. The number of ether oxygens (including phenoxy) is 3. The fourth-order valence-electron chi connectivity index (χ4n) is 11.7. The second-order valence-electron chi connectivity index (χ2n) is 16.4. The van der Waals surface area contributed by atoms with E-state index in [1.807, 2.05) is 69.2 Å². The van der Waals surface area contributed by atoms with Crippen molar-refractivity contribution in [1.29, 1.82) is 0 Å². The van der Waals surface area contributed by atoms with Crippen LogP contribution < -0.4 is 0 Å². The lowest BCUT2D eigenvalue weighted by molar-refractivity contribution is -0.147. The lowest BCUT2D eigenvalue weighted by atomic mass is 9.56. The van der Waals surface area contributed by atoms with Crippen molar-refractivity contribution in [3.63, 3.8) is 0 Å². The van der Waals surface area contributed by atoms with Gasteiger partial charge >= 0.3 is 17.9 Å². The summed E-state index contributed by atoms with van der Waals surface area (Å²) in [6.07, 6.45) is 24.1. The first kappa shape index (κ1) is 48.2. The van der Waals surface area contributed by atoms with E-state index in [-0.39, 0.29) is 17.9 Å². The third-order valence-corrected chi connectivity index (χ3v) is 13.1. The molecule has 54 heavy (non-hydrogen) atoms. The molecule has 3 heterocycles. The zero-order chi connectivity index (χ0) is 40.2. The van der Waals surface area contributed by atoms with Crippen LogP contribution in [-0.4, -0.2) is 43.0 Å². The van der Waals surface area contributed by atoms with E-state index >= 15 is 0 Å². The van der Waals surface area contributed by atoms with Gasteiger partial charge in [-0.1, -0.05) is 69.2 Å². The Morgan fingerprint density at radius 1 is 0.407 bits per heavy atom. The van der Waals surface area contributed by atoms with Gasteiger partial charge in [-0.05, 0) is 151 Å². The van der Waals surface area contributed by atoms with Crippen LogP contribution in [0.1, 0.15) is 191 Å². The maximum absolute atomic E-state index is 11.6. The molecule has 0 amide bonds. The van der Waals surface area contributed by atoms with Crippen molar-refractivity contribution in [3.8, 4) is 0 Å². The molecular formula is C47H84O7. The highest BCUT2D eigenvalue weighted by Crippen LogP contribution is 2.55. The average molecular weight is 761 g/mol. The molecule has 13 rings (SSSR count). The summed E-state index contributed by atoms with van der Waals surface area (Å²) < 4.78 is 14.4. The molecule has 314 valence electrons. The van der Waals surface area contributed by atoms with Crippen LogP contribution >= 0.6 is 0 Å². The molecule has 13 aliphatic rings. The highest BCUT2D eigenvalue weighted by Gasteiger charge is 2.56. The third-order valence-electron chi connectivity index (χ3n) is 13.1. The minimum absolute atomic E-state index is 0.0359. The first-order chi connectivity index (χ1) is 26.4. The van der Waals surface area contributed by atoms with E-state index in [1.165, 1.54) is 62.2 Å². The van der Waals surface area contributed by atoms with E-state index in [0.717, 1.165) is 49.9 Å². The molecule has 13 fully saturated rings. The normalized spacial score (nSPS) is 37.6. The molecule has 10 bridgehead atoms. The molecule has 3 aliphatic heterocycles. The maximum atomic E-state index is 11.6. The number of rotatable bonds is 0. The number of hydrogen-bond donors (Lipinski definition) is 0. The van der Waals surface area contributed by atoms with Crippen molar-refractivity contribution in [2.24, 2.45) is 65.1 Å². The van der Waals surface area contributed by atoms with Crippen LogP contribution in [0.4, 0.5) is 0 Å². The fraction of sp³-hybridized carbons (Fsp3) is 0.915. The average Bonchev–Trinajstić information content (AvgIpc) is 3.99. The number of cyclic esters (lactones) is 2. The van der Waals surface area contributed by atoms with Gasteiger partial charge in [0.2, 0.25) is 0 Å². The fourth-order valence-corrected chi connectivity index (χ4v) is 11.7. The summed E-state index contributed by atoms with van der Waals surface area (Å²) in [7, 11) is 0. The molecule has 0 aromatic carbocycles. The van der Waals surface area contributed by atoms with Crippen molar-refractivity contribution in [1.82, 2.24) is 0 Å². The predicted octanol–water partition coefficient (Wildman–Crippen LogP) is 12.0. The van der Waals surface area contributed by atoms with Crippen molar-refractivity contribution >= 4 is 23.7 Å². The second-order valence-corrected chi connectivity index (χ2v) is 16.4. The summed E-state index contributed by atoms with van der Waals surface area (Å²) in [4.78, 5) is 42.9. The third kappa shape index (κ3) is 13.9. The highest BCUT2D eigenvalue weighted by atomic mass is 16.6. The van der Waals surface area contributed by atoms with E-state index in [0.29, 0.717) is 61.6 Å². The van der Waals surface area contributed by atoms with Gasteiger partial charge in [0, 0.05) is 30.6 Å². The number of carbonyl (C=O) groups excluding carboxylic acids is 4. The number of fused-ring (bicyclic) bond motifs is 1. The van der Waals surface area contributed by atoms with Crippen molar-refractivity contribution in [2.75, 3.05) is 13.2 Å². The molecule has 0 radical (unpaired) electrons. The van der Waals surface area contributed by atoms with E-state index in [9.17, 15) is 19.2 Å². The number of ketones is 1. The van der Waals surface area contributed by atoms with Gasteiger partial charge in [-0.25, -0.2) is 0 Å². The van der Waals surface area contributed by atoms with E-state index < -0.39 is 0 Å². The van der Waals surface area contributed by atoms with Crippen LogP contribution in [0.25, 0.3) is 0 Å². The van der Waals surface area contributed by atoms with Gasteiger partial charge in [-0.2, -0.15) is 0 Å². The molecule has 4 unspecified atom stereocenters. The van der Waals surface area contributed by atoms with Gasteiger partial charge < -0.3 is 14.2 Å². The number of carbonyl (C=O) groups is 4. The predicted molar refractivity (Wildman–Crippen MR) is 220 cm³/mol. The van der Waals surface area contributed by atoms with E-state index in [1.54, 1.807) is 38.5 Å². The van der Waals surface area contributed by atoms with Gasteiger partial charge in [-0.3, -0.25) is 19.2 Å². The lowest BCUT2D eigenvalue weighted by Crippen LogP contribution is -2.45. The van der Waals surface area contributed by atoms with Gasteiger partial charge in [0.05, 0.1) is 19.1 Å². The van der Waals surface area contributed by atoms with Gasteiger partial charge in [0.15, 0.2) is 0 Å². The topological polar surface area (TPSA) is 96.0 Å². The SMILES string of the molecule is C1C2CC3CC1CC(C2)C3.CC.CC.CC.CC.CC.O=C1C2CC3CC(C2)CC1C3.O=C1CCCCO1.O=C1CCCO1.O=C1OC2CC3CC1C2C3. The minimum Gasteiger partial charge on any atom is -0.466 e. The van der Waals surface area contributed by atoms with Crippen molar-refractivity contribution in [2.45, 2.75) is 197 Å². The zero-order valence-corrected chi connectivity index (χ0v) is 36.6. The standard InChI is InChI=1S/C10H14O.C10H16.C8H10O2.C5H8O2.C4H6O2.5C2H6/c11-10-8-2-6-1-7(4-8)5-9(10)3-6;1-7-2-9-4-8(1)5-10(3-7)6-9;9-8-6-2-4-1-5(6)7(3-4)10-8;6-5-3-1-2-4-7-5;5-4-2-1-3-6-4;5*1-2/h6-9H,1-5H2;7-10H,1-6H2;4-7H,1-3H2;1-4H2;1-3H2;5*1-2H3. The molecule has 7 nitrogen and oxygen atoms in total. The Hall–Kier alpha value is -1.92. The number of Topliss-reactive ketones (excluding diaryl/α,β-unsaturated/α-hetero) is 1. The summed E-state index contributed by atoms with van der Waals surface area (Å²) in [5.74, 6) is 9.99. The maximum Gasteiger partial charge on any atom is 0.309 e. The molecule has 10 aliphatic carbocycles. The quantitative estimate of drug-likeness (QED) is 0.179. The molecule has 10 saturated carbocycles. The molecule has 4 atom stereocenters. The second kappa shape index (κ2) is 26.1. The van der Waals surface area contributed by atoms with Crippen molar-refractivity contribution in [3.05, 3.63) is 0 Å². The van der Waals surface area contributed by atoms with Crippen LogP contribution in [0, 0.1) is 65.1 Å². The van der Waals surface area contributed by atoms with Crippen LogP contribution in [-0.2, 0) is 33.4 Å². The smallest absolute Gasteiger partial charge is 0.309 e. The summed E-state index contributed by atoms with van der Waals surface area (Å²) >= 11 is 0. The van der Waals surface area contributed by atoms with Crippen LogP contribution in [0.15, 0.2) is 0 Å². The van der Waals surface area contributed by atoms with E-state index in [2.05, 4.69) is 9.47 Å². The molecule has 0 spiro atoms. The van der Waals surface area contributed by atoms with Crippen LogP contribution in [0.3, 0.4) is 0 Å². The lowest BCUT2D eigenvalue weighted by Gasteiger charge is -2.49. The van der Waals surface area contributed by atoms with Crippen LogP contribution in [0.2, 0.25) is 0 Å². The summed E-state index contributed by atoms with van der Waals surface area (Å²) in [6.45, 7) is 21.3. The number of hydrogen-bond acceptors (Lipinski definition) is 7. The molecule has 0 aromatic rings. The van der Waals surface area contributed by atoms with Crippen molar-refractivity contribution < 1.29 is 33.4 Å². The van der Waals surface area contributed by atoms with Gasteiger partial charge in [0.1, 0.15) is 11.9 Å². The van der Waals surface area contributed by atoms with E-state index in [4.69, 9.17) is 4.74 Å². The van der Waals surface area contributed by atoms with Gasteiger partial charge in [-0.15, -0.1) is 0 Å².